The molecule has 0 spiro atoms. The summed E-state index contributed by atoms with van der Waals surface area (Å²) in [5, 5.41) is 0. The van der Waals surface area contributed by atoms with Gasteiger partial charge in [-0.05, 0) is 5.92 Å². The summed E-state index contributed by atoms with van der Waals surface area (Å²) in [5.74, 6) is -1.69. The highest BCUT2D eigenvalue weighted by Gasteiger charge is 2.26. The molecule has 0 fully saturated rings. The average molecular weight is 294 g/mol. The highest BCUT2D eigenvalue weighted by molar-refractivity contribution is 9.10. The Balaban J connectivity index is 4.67. The van der Waals surface area contributed by atoms with Gasteiger partial charge in [0.1, 0.15) is 0 Å². The molecule has 0 aromatic rings. The maximum atomic E-state index is 11.8. The van der Waals surface area contributed by atoms with E-state index in [0.717, 1.165) is 4.90 Å². The lowest BCUT2D eigenvalue weighted by Gasteiger charge is -2.24. The second-order valence-corrected chi connectivity index (χ2v) is 4.76. The van der Waals surface area contributed by atoms with E-state index in [9.17, 15) is 14.4 Å². The summed E-state index contributed by atoms with van der Waals surface area (Å²) in [7, 11) is 0. The average Bonchev–Trinajstić information content (AvgIpc) is 2.12. The van der Waals surface area contributed by atoms with Gasteiger partial charge in [-0.25, -0.2) is 0 Å². The van der Waals surface area contributed by atoms with E-state index in [1.807, 2.05) is 13.8 Å². The molecule has 16 heavy (non-hydrogen) atoms. The molecule has 0 aliphatic rings. The Morgan fingerprint density at radius 2 is 1.50 bits per heavy atom. The zero-order valence-electron chi connectivity index (χ0n) is 9.27. The lowest BCUT2D eigenvalue weighted by atomic mass is 10.1. The molecule has 1 atom stereocenters. The van der Waals surface area contributed by atoms with Crippen LogP contribution in [0.3, 0.4) is 0 Å². The van der Waals surface area contributed by atoms with Crippen molar-refractivity contribution >= 4 is 33.7 Å². The van der Waals surface area contributed by atoms with Crippen molar-refractivity contribution in [1.29, 1.82) is 0 Å². The fraction of sp³-hybridized carbons (Fsp3) is 0.667. The number of nitrogens with zero attached hydrogens (tertiary/aromatic N) is 1. The summed E-state index contributed by atoms with van der Waals surface area (Å²) in [6.45, 7) is 3.06. The molecule has 0 saturated heterocycles. The predicted octanol–water partition coefficient (Wildman–Crippen LogP) is -0.795. The first-order valence-corrected chi connectivity index (χ1v) is 5.66. The SMILES string of the molecule is CC(C)C(Br)C(=O)N(CC(N)=O)CC(N)=O. The third-order valence-corrected chi connectivity index (χ3v) is 3.28. The van der Waals surface area contributed by atoms with Crippen LogP contribution in [-0.4, -0.2) is 40.5 Å². The van der Waals surface area contributed by atoms with Gasteiger partial charge in [-0.3, -0.25) is 14.4 Å². The number of hydrogen-bond acceptors (Lipinski definition) is 3. The summed E-state index contributed by atoms with van der Waals surface area (Å²) < 4.78 is 0. The molecule has 4 N–H and O–H groups in total. The minimum absolute atomic E-state index is 0.0377. The van der Waals surface area contributed by atoms with Crippen LogP contribution >= 0.6 is 15.9 Å². The van der Waals surface area contributed by atoms with Crippen molar-refractivity contribution in [2.45, 2.75) is 18.7 Å². The summed E-state index contributed by atoms with van der Waals surface area (Å²) >= 11 is 3.19. The molecule has 0 aromatic carbocycles. The number of nitrogens with two attached hydrogens (primary N) is 2. The largest absolute Gasteiger partial charge is 0.368 e. The number of halogens is 1. The third kappa shape index (κ3) is 5.11. The van der Waals surface area contributed by atoms with Crippen molar-refractivity contribution < 1.29 is 14.4 Å². The van der Waals surface area contributed by atoms with Gasteiger partial charge in [0.05, 0.1) is 17.9 Å². The predicted molar refractivity (Wildman–Crippen MR) is 62.5 cm³/mol. The van der Waals surface area contributed by atoms with E-state index >= 15 is 0 Å². The molecule has 0 heterocycles. The van der Waals surface area contributed by atoms with Crippen LogP contribution in [0.25, 0.3) is 0 Å². The Hall–Kier alpha value is -1.11. The molecule has 92 valence electrons. The van der Waals surface area contributed by atoms with Gasteiger partial charge in [-0.1, -0.05) is 29.8 Å². The monoisotopic (exact) mass is 293 g/mol. The van der Waals surface area contributed by atoms with Gasteiger partial charge in [-0.15, -0.1) is 0 Å². The highest BCUT2D eigenvalue weighted by Crippen LogP contribution is 2.14. The third-order valence-electron chi connectivity index (χ3n) is 1.83. The summed E-state index contributed by atoms with van der Waals surface area (Å²) in [4.78, 5) is 33.9. The molecular weight excluding hydrogens is 278 g/mol. The molecule has 0 bridgehead atoms. The van der Waals surface area contributed by atoms with Crippen LogP contribution < -0.4 is 11.5 Å². The maximum absolute atomic E-state index is 11.8. The first-order chi connectivity index (χ1) is 7.25. The van der Waals surface area contributed by atoms with Crippen LogP contribution in [0.2, 0.25) is 0 Å². The fourth-order valence-electron chi connectivity index (χ4n) is 1.05. The molecule has 0 aromatic heterocycles. The Bertz CT molecular complexity index is 278. The van der Waals surface area contributed by atoms with Crippen LogP contribution in [0.1, 0.15) is 13.8 Å². The molecule has 7 heteroatoms. The zero-order valence-corrected chi connectivity index (χ0v) is 10.9. The number of alkyl halides is 1. The highest BCUT2D eigenvalue weighted by atomic mass is 79.9. The Kier molecular flexibility index (Phi) is 6.02. The van der Waals surface area contributed by atoms with Gasteiger partial charge in [-0.2, -0.15) is 0 Å². The molecule has 0 aliphatic carbocycles. The van der Waals surface area contributed by atoms with E-state index in [4.69, 9.17) is 11.5 Å². The molecule has 1 unspecified atom stereocenters. The van der Waals surface area contributed by atoms with Crippen LogP contribution in [-0.2, 0) is 14.4 Å². The summed E-state index contributed by atoms with van der Waals surface area (Å²) in [5.41, 5.74) is 9.97. The molecule has 0 aliphatic heterocycles. The first kappa shape index (κ1) is 14.9. The molecule has 6 nitrogen and oxygen atoms in total. The van der Waals surface area contributed by atoms with Gasteiger partial charge in [0, 0.05) is 0 Å². The number of amides is 3. The van der Waals surface area contributed by atoms with Crippen molar-refractivity contribution in [1.82, 2.24) is 4.90 Å². The molecular formula is C9H16BrN3O3. The first-order valence-electron chi connectivity index (χ1n) is 4.75. The zero-order chi connectivity index (χ0) is 12.9. The Morgan fingerprint density at radius 1 is 1.12 bits per heavy atom. The lowest BCUT2D eigenvalue weighted by Crippen LogP contribution is -2.47. The van der Waals surface area contributed by atoms with E-state index in [1.165, 1.54) is 0 Å². The molecule has 0 radical (unpaired) electrons. The standard InChI is InChI=1S/C9H16BrN3O3/c1-5(2)8(10)9(16)13(3-6(11)14)4-7(12)15/h5,8H,3-4H2,1-2H3,(H2,11,14)(H2,12,15). The smallest absolute Gasteiger partial charge is 0.237 e. The van der Waals surface area contributed by atoms with Crippen molar-refractivity contribution in [2.75, 3.05) is 13.1 Å². The number of rotatable bonds is 6. The van der Waals surface area contributed by atoms with Crippen molar-refractivity contribution in [3.8, 4) is 0 Å². The second-order valence-electron chi connectivity index (χ2n) is 3.77. The Labute approximate surface area is 102 Å². The van der Waals surface area contributed by atoms with Gasteiger partial charge >= 0.3 is 0 Å². The van der Waals surface area contributed by atoms with E-state index in [-0.39, 0.29) is 24.9 Å². The lowest BCUT2D eigenvalue weighted by molar-refractivity contribution is -0.138. The number of carbonyl (C=O) groups is 3. The van der Waals surface area contributed by atoms with Crippen LogP contribution in [0.5, 0.6) is 0 Å². The minimum atomic E-state index is -0.682. The van der Waals surface area contributed by atoms with Crippen LogP contribution in [0, 0.1) is 5.92 Å². The number of hydrogen-bond donors (Lipinski definition) is 2. The van der Waals surface area contributed by atoms with Crippen molar-refractivity contribution in [3.05, 3.63) is 0 Å². The van der Waals surface area contributed by atoms with Gasteiger partial charge in [0.15, 0.2) is 0 Å². The Morgan fingerprint density at radius 3 is 1.75 bits per heavy atom. The quantitative estimate of drug-likeness (QED) is 0.626. The summed E-state index contributed by atoms with van der Waals surface area (Å²) in [6.07, 6.45) is 0. The topological polar surface area (TPSA) is 106 Å². The van der Waals surface area contributed by atoms with Crippen molar-refractivity contribution in [3.63, 3.8) is 0 Å². The van der Waals surface area contributed by atoms with E-state index in [2.05, 4.69) is 15.9 Å². The van der Waals surface area contributed by atoms with E-state index < -0.39 is 16.6 Å². The molecule has 3 amide bonds. The van der Waals surface area contributed by atoms with Gasteiger partial charge in [0.2, 0.25) is 17.7 Å². The maximum Gasteiger partial charge on any atom is 0.237 e. The number of carbonyl (C=O) groups excluding carboxylic acids is 3. The molecule has 0 rings (SSSR count). The van der Waals surface area contributed by atoms with Crippen molar-refractivity contribution in [2.24, 2.45) is 17.4 Å². The minimum Gasteiger partial charge on any atom is -0.368 e. The molecule has 0 saturated carbocycles. The normalized spacial score (nSPS) is 12.2. The fourth-order valence-corrected chi connectivity index (χ4v) is 1.34. The van der Waals surface area contributed by atoms with E-state index in [1.54, 1.807) is 0 Å². The van der Waals surface area contributed by atoms with Gasteiger partial charge in [0.25, 0.3) is 0 Å². The van der Waals surface area contributed by atoms with Crippen LogP contribution in [0.15, 0.2) is 0 Å². The number of primary amides is 2. The van der Waals surface area contributed by atoms with Gasteiger partial charge < -0.3 is 16.4 Å². The second kappa shape index (κ2) is 6.47. The van der Waals surface area contributed by atoms with Crippen LogP contribution in [0.4, 0.5) is 0 Å². The summed E-state index contributed by atoms with van der Waals surface area (Å²) in [6, 6.07) is 0. The van der Waals surface area contributed by atoms with E-state index in [0.29, 0.717) is 0 Å².